The van der Waals surface area contributed by atoms with E-state index in [1.54, 1.807) is 0 Å². The molecule has 0 radical (unpaired) electrons. The van der Waals surface area contributed by atoms with Crippen LogP contribution in [0.4, 0.5) is 0 Å². The molecule has 0 heterocycles. The minimum atomic E-state index is -0.199. The van der Waals surface area contributed by atoms with Crippen molar-refractivity contribution in [2.24, 2.45) is 0 Å². The third kappa shape index (κ3) is 1.88. The highest BCUT2D eigenvalue weighted by molar-refractivity contribution is 5.95. The average Bonchev–Trinajstić information content (AvgIpc) is 3.14. The fourth-order valence-corrected chi connectivity index (χ4v) is 5.29. The molecule has 0 atom stereocenters. The summed E-state index contributed by atoms with van der Waals surface area (Å²) in [5, 5.41) is 0. The molecule has 2 aliphatic rings. The van der Waals surface area contributed by atoms with Crippen LogP contribution in [0.3, 0.4) is 0 Å². The fraction of sp³-hybridized carbons (Fsp3) is 0.185. The lowest BCUT2D eigenvalue weighted by atomic mass is 9.67. The summed E-state index contributed by atoms with van der Waals surface area (Å²) < 4.78 is 0. The lowest BCUT2D eigenvalue weighted by Crippen LogP contribution is -2.28. The number of benzene rings is 3. The maximum absolute atomic E-state index is 2.34. The Balaban J connectivity index is 2.03. The Morgan fingerprint density at radius 3 is 1.48 bits per heavy atom. The van der Waals surface area contributed by atoms with Crippen molar-refractivity contribution in [3.05, 3.63) is 112 Å². The predicted octanol–water partition coefficient (Wildman–Crippen LogP) is 7.14. The van der Waals surface area contributed by atoms with Crippen molar-refractivity contribution in [3.8, 4) is 11.1 Å². The summed E-state index contributed by atoms with van der Waals surface area (Å²) in [5.74, 6) is 0. The molecule has 0 aliphatic heterocycles. The van der Waals surface area contributed by atoms with Gasteiger partial charge in [-0.15, -0.1) is 0 Å². The minimum absolute atomic E-state index is 0.199. The molecule has 0 heteroatoms. The normalized spacial score (nSPS) is 15.6. The molecule has 5 rings (SSSR count). The first-order chi connectivity index (χ1) is 13.1. The number of rotatable bonds is 1. The van der Waals surface area contributed by atoms with E-state index in [9.17, 15) is 0 Å². The topological polar surface area (TPSA) is 0 Å². The van der Waals surface area contributed by atoms with Gasteiger partial charge >= 0.3 is 0 Å². The molecule has 0 amide bonds. The van der Waals surface area contributed by atoms with Crippen molar-refractivity contribution in [2.45, 2.75) is 33.1 Å². The molecule has 3 aromatic rings. The van der Waals surface area contributed by atoms with E-state index in [-0.39, 0.29) is 5.41 Å². The van der Waals surface area contributed by atoms with Crippen LogP contribution in [-0.2, 0) is 5.41 Å². The molecular formula is C27H24. The molecular weight excluding hydrogens is 324 g/mol. The Morgan fingerprint density at radius 2 is 1.00 bits per heavy atom. The van der Waals surface area contributed by atoms with Gasteiger partial charge in [0, 0.05) is 0 Å². The van der Waals surface area contributed by atoms with Crippen LogP contribution >= 0.6 is 0 Å². The highest BCUT2D eigenvalue weighted by atomic mass is 14.5. The lowest BCUT2D eigenvalue weighted by Gasteiger charge is -2.33. The maximum atomic E-state index is 2.34. The van der Waals surface area contributed by atoms with Gasteiger partial charge < -0.3 is 0 Å². The van der Waals surface area contributed by atoms with Crippen LogP contribution in [0.25, 0.3) is 16.7 Å². The van der Waals surface area contributed by atoms with Crippen molar-refractivity contribution < 1.29 is 0 Å². The van der Waals surface area contributed by atoms with Gasteiger partial charge in [-0.1, -0.05) is 78.4 Å². The van der Waals surface area contributed by atoms with Gasteiger partial charge in [-0.05, 0) is 77.8 Å². The smallest absolute Gasteiger partial charge is 0.0724 e. The van der Waals surface area contributed by atoms with Crippen LogP contribution in [0.5, 0.6) is 0 Å². The van der Waals surface area contributed by atoms with Crippen molar-refractivity contribution in [1.82, 2.24) is 0 Å². The van der Waals surface area contributed by atoms with Gasteiger partial charge in [0.2, 0.25) is 0 Å². The molecule has 3 aromatic carbocycles. The average molecular weight is 348 g/mol. The second-order valence-corrected chi connectivity index (χ2v) is 8.01. The maximum Gasteiger partial charge on any atom is 0.0724 e. The number of allylic oxidation sites excluding steroid dienone is 4. The first kappa shape index (κ1) is 16.3. The molecule has 2 aliphatic carbocycles. The molecule has 0 N–H and O–H groups in total. The van der Waals surface area contributed by atoms with Crippen molar-refractivity contribution in [3.63, 3.8) is 0 Å². The monoisotopic (exact) mass is 348 g/mol. The molecule has 1 spiro atoms. The SMILES string of the molecule is CC(C)=C(C)C1=C(C)c2ccccc2C12c1ccccc1-c1ccccc12. The molecule has 132 valence electrons. The second-order valence-electron chi connectivity index (χ2n) is 8.01. The van der Waals surface area contributed by atoms with Crippen molar-refractivity contribution in [2.75, 3.05) is 0 Å². The highest BCUT2D eigenvalue weighted by Crippen LogP contribution is 2.63. The van der Waals surface area contributed by atoms with Crippen LogP contribution < -0.4 is 0 Å². The fourth-order valence-electron chi connectivity index (χ4n) is 5.29. The lowest BCUT2D eigenvalue weighted by molar-refractivity contribution is 0.770. The first-order valence-corrected chi connectivity index (χ1v) is 9.73. The van der Waals surface area contributed by atoms with Gasteiger partial charge in [0.25, 0.3) is 0 Å². The van der Waals surface area contributed by atoms with Crippen LogP contribution in [-0.4, -0.2) is 0 Å². The van der Waals surface area contributed by atoms with E-state index in [1.165, 1.54) is 55.7 Å². The van der Waals surface area contributed by atoms with Gasteiger partial charge in [0.1, 0.15) is 0 Å². The summed E-state index contributed by atoms with van der Waals surface area (Å²) in [5.41, 5.74) is 13.9. The minimum Gasteiger partial charge on any atom is -0.0732 e. The molecule has 27 heavy (non-hydrogen) atoms. The predicted molar refractivity (Wildman–Crippen MR) is 115 cm³/mol. The molecule has 0 bridgehead atoms. The zero-order chi connectivity index (χ0) is 18.8. The van der Waals surface area contributed by atoms with Gasteiger partial charge in [-0.3, -0.25) is 0 Å². The third-order valence-electron chi connectivity index (χ3n) is 6.56. The van der Waals surface area contributed by atoms with Gasteiger partial charge in [0.05, 0.1) is 5.41 Å². The number of hydrogen-bond donors (Lipinski definition) is 0. The Morgan fingerprint density at radius 1 is 0.593 bits per heavy atom. The first-order valence-electron chi connectivity index (χ1n) is 9.73. The van der Waals surface area contributed by atoms with Crippen LogP contribution in [0.1, 0.15) is 49.9 Å². The van der Waals surface area contributed by atoms with Crippen LogP contribution in [0.2, 0.25) is 0 Å². The van der Waals surface area contributed by atoms with E-state index in [2.05, 4.69) is 100 Å². The van der Waals surface area contributed by atoms with Crippen molar-refractivity contribution in [1.29, 1.82) is 0 Å². The quantitative estimate of drug-likeness (QED) is 0.438. The summed E-state index contributed by atoms with van der Waals surface area (Å²) in [6.45, 7) is 9.07. The molecule has 0 saturated heterocycles. The Hall–Kier alpha value is -2.86. The molecule has 0 saturated carbocycles. The van der Waals surface area contributed by atoms with Gasteiger partial charge in [-0.2, -0.15) is 0 Å². The summed E-state index contributed by atoms with van der Waals surface area (Å²) in [6, 6.07) is 27.0. The van der Waals surface area contributed by atoms with Gasteiger partial charge in [-0.25, -0.2) is 0 Å². The van der Waals surface area contributed by atoms with Crippen LogP contribution in [0.15, 0.2) is 89.5 Å². The Kier molecular flexibility index (Phi) is 3.37. The zero-order valence-electron chi connectivity index (χ0n) is 16.4. The molecule has 0 aromatic heterocycles. The number of fused-ring (bicyclic) bond motifs is 7. The third-order valence-corrected chi connectivity index (χ3v) is 6.56. The highest BCUT2D eigenvalue weighted by Gasteiger charge is 2.52. The Labute approximate surface area is 161 Å². The zero-order valence-corrected chi connectivity index (χ0v) is 16.4. The molecule has 0 fully saturated rings. The Bertz CT molecular complexity index is 1100. The summed E-state index contributed by atoms with van der Waals surface area (Å²) in [6.07, 6.45) is 0. The second kappa shape index (κ2) is 5.57. The van der Waals surface area contributed by atoms with E-state index in [4.69, 9.17) is 0 Å². The van der Waals surface area contributed by atoms with E-state index in [0.717, 1.165) is 0 Å². The summed E-state index contributed by atoms with van der Waals surface area (Å²) in [4.78, 5) is 0. The van der Waals surface area contributed by atoms with E-state index >= 15 is 0 Å². The van der Waals surface area contributed by atoms with E-state index in [1.807, 2.05) is 0 Å². The van der Waals surface area contributed by atoms with E-state index < -0.39 is 0 Å². The molecule has 0 unspecified atom stereocenters. The van der Waals surface area contributed by atoms with E-state index in [0.29, 0.717) is 0 Å². The number of hydrogen-bond acceptors (Lipinski definition) is 0. The van der Waals surface area contributed by atoms with Crippen LogP contribution in [0, 0.1) is 0 Å². The largest absolute Gasteiger partial charge is 0.0732 e. The standard InChI is InChI=1S/C27H24/c1-17(2)18(3)26-19(4)20-11-5-8-14-23(20)27(26)24-15-9-6-12-21(24)22-13-7-10-16-25(22)27/h5-16H,1-4H3. The van der Waals surface area contributed by atoms with Gasteiger partial charge in [0.15, 0.2) is 0 Å². The summed E-state index contributed by atoms with van der Waals surface area (Å²) in [7, 11) is 0. The summed E-state index contributed by atoms with van der Waals surface area (Å²) >= 11 is 0. The molecule has 0 nitrogen and oxygen atoms in total. The van der Waals surface area contributed by atoms with Crippen molar-refractivity contribution >= 4 is 5.57 Å².